The van der Waals surface area contributed by atoms with Crippen LogP contribution in [0.5, 0.6) is 5.75 Å². The maximum absolute atomic E-state index is 13.8. The van der Waals surface area contributed by atoms with Gasteiger partial charge >= 0.3 is 0 Å². The maximum atomic E-state index is 13.8. The molecule has 3 rings (SSSR count). The smallest absolute Gasteiger partial charge is 0.257 e. The number of hydrogen-bond donors (Lipinski definition) is 0. The fourth-order valence-corrected chi connectivity index (χ4v) is 2.87. The zero-order chi connectivity index (χ0) is 18.7. The number of amides is 2. The number of rotatable bonds is 4. The molecule has 136 valence electrons. The fraction of sp³-hybridized carbons (Fsp3) is 0.263. The third-order valence-corrected chi connectivity index (χ3v) is 4.27. The van der Waals surface area contributed by atoms with Gasteiger partial charge in [0.1, 0.15) is 23.9 Å². The molecule has 0 aliphatic carbocycles. The molecule has 2 amide bonds. The van der Waals surface area contributed by atoms with Crippen LogP contribution in [-0.2, 0) is 11.3 Å². The average molecular weight is 360 g/mol. The average Bonchev–Trinajstić information content (AvgIpc) is 2.63. The molecule has 0 atom stereocenters. The molecule has 0 aromatic heterocycles. The van der Waals surface area contributed by atoms with E-state index >= 15 is 0 Å². The molecule has 7 heteroatoms. The van der Waals surface area contributed by atoms with E-state index in [2.05, 4.69) is 0 Å². The van der Waals surface area contributed by atoms with Gasteiger partial charge in [-0.1, -0.05) is 12.1 Å². The summed E-state index contributed by atoms with van der Waals surface area (Å²) in [5.41, 5.74) is 0.683. The Morgan fingerprint density at radius 1 is 1.15 bits per heavy atom. The predicted molar refractivity (Wildman–Crippen MR) is 90.7 cm³/mol. The van der Waals surface area contributed by atoms with Gasteiger partial charge in [0.15, 0.2) is 0 Å². The molecule has 1 fully saturated rings. The van der Waals surface area contributed by atoms with Crippen LogP contribution in [0.3, 0.4) is 0 Å². The zero-order valence-electron chi connectivity index (χ0n) is 14.2. The van der Waals surface area contributed by atoms with Crippen molar-refractivity contribution in [3.05, 3.63) is 65.2 Å². The van der Waals surface area contributed by atoms with Crippen LogP contribution in [0, 0.1) is 11.6 Å². The largest absolute Gasteiger partial charge is 0.497 e. The van der Waals surface area contributed by atoms with E-state index in [1.807, 2.05) is 24.3 Å². The SMILES string of the molecule is COc1cccc(CN2CCN(C(=O)c3ccc(F)cc3F)CC2=O)c1. The van der Waals surface area contributed by atoms with Crippen molar-refractivity contribution >= 4 is 11.8 Å². The van der Waals surface area contributed by atoms with E-state index in [0.29, 0.717) is 24.9 Å². The normalized spacial score (nSPS) is 14.5. The third kappa shape index (κ3) is 3.82. The van der Waals surface area contributed by atoms with E-state index < -0.39 is 17.5 Å². The topological polar surface area (TPSA) is 49.9 Å². The maximum Gasteiger partial charge on any atom is 0.257 e. The Labute approximate surface area is 149 Å². The van der Waals surface area contributed by atoms with Crippen LogP contribution in [-0.4, -0.2) is 48.4 Å². The second-order valence-corrected chi connectivity index (χ2v) is 6.02. The number of carbonyl (C=O) groups is 2. The third-order valence-electron chi connectivity index (χ3n) is 4.27. The molecular weight excluding hydrogens is 342 g/mol. The number of carbonyl (C=O) groups excluding carboxylic acids is 2. The van der Waals surface area contributed by atoms with E-state index in [1.54, 1.807) is 12.0 Å². The highest BCUT2D eigenvalue weighted by Crippen LogP contribution is 2.18. The van der Waals surface area contributed by atoms with Crippen LogP contribution in [0.4, 0.5) is 8.78 Å². The number of piperazine rings is 1. The van der Waals surface area contributed by atoms with Crippen LogP contribution in [0.2, 0.25) is 0 Å². The minimum Gasteiger partial charge on any atom is -0.497 e. The Balaban J connectivity index is 1.66. The molecule has 0 bridgehead atoms. The lowest BCUT2D eigenvalue weighted by Gasteiger charge is -2.34. The van der Waals surface area contributed by atoms with Crippen molar-refractivity contribution < 1.29 is 23.1 Å². The Morgan fingerprint density at radius 2 is 1.96 bits per heavy atom. The lowest BCUT2D eigenvalue weighted by atomic mass is 10.1. The molecule has 0 radical (unpaired) electrons. The first-order valence-electron chi connectivity index (χ1n) is 8.13. The van der Waals surface area contributed by atoms with Gasteiger partial charge in [-0.25, -0.2) is 8.78 Å². The highest BCUT2D eigenvalue weighted by Gasteiger charge is 2.29. The molecule has 26 heavy (non-hydrogen) atoms. The number of halogens is 2. The van der Waals surface area contributed by atoms with Gasteiger partial charge in [0.2, 0.25) is 5.91 Å². The van der Waals surface area contributed by atoms with Crippen LogP contribution >= 0.6 is 0 Å². The first kappa shape index (κ1) is 17.8. The van der Waals surface area contributed by atoms with Crippen LogP contribution in [0.15, 0.2) is 42.5 Å². The Hall–Kier alpha value is -2.96. The van der Waals surface area contributed by atoms with Crippen LogP contribution < -0.4 is 4.74 Å². The summed E-state index contributed by atoms with van der Waals surface area (Å²) in [5.74, 6) is -1.82. The number of benzene rings is 2. The molecule has 2 aromatic carbocycles. The quantitative estimate of drug-likeness (QED) is 0.842. The Kier molecular flexibility index (Phi) is 5.16. The first-order valence-corrected chi connectivity index (χ1v) is 8.13. The summed E-state index contributed by atoms with van der Waals surface area (Å²) >= 11 is 0. The molecule has 5 nitrogen and oxygen atoms in total. The van der Waals surface area contributed by atoms with Crippen LogP contribution in [0.1, 0.15) is 15.9 Å². The molecule has 0 N–H and O–H groups in total. The number of hydrogen-bond acceptors (Lipinski definition) is 3. The van der Waals surface area contributed by atoms with Gasteiger partial charge in [-0.2, -0.15) is 0 Å². The molecule has 0 saturated carbocycles. The molecule has 1 heterocycles. The first-order chi connectivity index (χ1) is 12.5. The van der Waals surface area contributed by atoms with E-state index in [1.165, 1.54) is 4.90 Å². The summed E-state index contributed by atoms with van der Waals surface area (Å²) in [7, 11) is 1.57. The van der Waals surface area contributed by atoms with Crippen molar-refractivity contribution in [1.29, 1.82) is 0 Å². The van der Waals surface area contributed by atoms with Crippen LogP contribution in [0.25, 0.3) is 0 Å². The molecule has 0 spiro atoms. The summed E-state index contributed by atoms with van der Waals surface area (Å²) in [4.78, 5) is 27.7. The molecule has 2 aromatic rings. The van der Waals surface area contributed by atoms with E-state index in [4.69, 9.17) is 4.74 Å². The van der Waals surface area contributed by atoms with Gasteiger partial charge in [0, 0.05) is 25.7 Å². The lowest BCUT2D eigenvalue weighted by Crippen LogP contribution is -2.51. The Morgan fingerprint density at radius 3 is 2.65 bits per heavy atom. The van der Waals surface area contributed by atoms with E-state index in [-0.39, 0.29) is 24.6 Å². The summed E-state index contributed by atoms with van der Waals surface area (Å²) in [6, 6.07) is 10.2. The van der Waals surface area contributed by atoms with Gasteiger partial charge in [-0.15, -0.1) is 0 Å². The van der Waals surface area contributed by atoms with Crippen molar-refractivity contribution in [2.45, 2.75) is 6.54 Å². The van der Waals surface area contributed by atoms with Crippen molar-refractivity contribution in [3.63, 3.8) is 0 Å². The van der Waals surface area contributed by atoms with E-state index in [9.17, 15) is 18.4 Å². The lowest BCUT2D eigenvalue weighted by molar-refractivity contribution is -0.135. The van der Waals surface area contributed by atoms with Crippen molar-refractivity contribution in [3.8, 4) is 5.75 Å². The molecule has 1 aliphatic rings. The predicted octanol–water partition coefficient (Wildman–Crippen LogP) is 2.46. The van der Waals surface area contributed by atoms with Gasteiger partial charge in [0.25, 0.3) is 5.91 Å². The summed E-state index contributed by atoms with van der Waals surface area (Å²) in [6.07, 6.45) is 0. The summed E-state index contributed by atoms with van der Waals surface area (Å²) in [6.45, 7) is 0.887. The number of nitrogens with zero attached hydrogens (tertiary/aromatic N) is 2. The molecule has 0 unspecified atom stereocenters. The molecule has 1 aliphatic heterocycles. The zero-order valence-corrected chi connectivity index (χ0v) is 14.2. The van der Waals surface area contributed by atoms with Gasteiger partial charge in [-0.05, 0) is 29.8 Å². The molecular formula is C19H18F2N2O3. The highest BCUT2D eigenvalue weighted by molar-refractivity contribution is 5.97. The Bertz CT molecular complexity index is 841. The van der Waals surface area contributed by atoms with Gasteiger partial charge < -0.3 is 14.5 Å². The number of methoxy groups -OCH3 is 1. The fourth-order valence-electron chi connectivity index (χ4n) is 2.87. The van der Waals surface area contributed by atoms with Gasteiger partial charge in [-0.3, -0.25) is 9.59 Å². The van der Waals surface area contributed by atoms with Crippen molar-refractivity contribution in [1.82, 2.24) is 9.80 Å². The highest BCUT2D eigenvalue weighted by atomic mass is 19.1. The van der Waals surface area contributed by atoms with Gasteiger partial charge in [0.05, 0.1) is 12.7 Å². The van der Waals surface area contributed by atoms with Crippen molar-refractivity contribution in [2.24, 2.45) is 0 Å². The molecule has 1 saturated heterocycles. The monoisotopic (exact) mass is 360 g/mol. The summed E-state index contributed by atoms with van der Waals surface area (Å²) in [5, 5.41) is 0. The standard InChI is InChI=1S/C19H18F2N2O3/c1-26-15-4-2-3-13(9-15)11-22-7-8-23(12-18(22)24)19(25)16-6-5-14(20)10-17(16)21/h2-6,9-10H,7-8,11-12H2,1H3. The number of ether oxygens (including phenoxy) is 1. The second kappa shape index (κ2) is 7.51. The van der Waals surface area contributed by atoms with E-state index in [0.717, 1.165) is 17.7 Å². The summed E-state index contributed by atoms with van der Waals surface area (Å²) < 4.78 is 32.0. The van der Waals surface area contributed by atoms with Crippen molar-refractivity contribution in [2.75, 3.05) is 26.7 Å². The minimum absolute atomic E-state index is 0.139. The minimum atomic E-state index is -0.929. The second-order valence-electron chi connectivity index (χ2n) is 6.02.